The molecule has 0 spiro atoms. The first-order chi connectivity index (χ1) is 8.90. The first-order valence-corrected chi connectivity index (χ1v) is 6.66. The summed E-state index contributed by atoms with van der Waals surface area (Å²) in [7, 11) is -3.83. The van der Waals surface area contributed by atoms with Gasteiger partial charge < -0.3 is 0 Å². The van der Waals surface area contributed by atoms with Gasteiger partial charge in [-0.25, -0.2) is 0 Å². The summed E-state index contributed by atoms with van der Waals surface area (Å²) in [5, 5.41) is 16.4. The molecular weight excluding hydrogens is 272 g/mol. The number of hydrogen-bond acceptors (Lipinski definition) is 5. The number of nitrogens with zero attached hydrogens (tertiary/aromatic N) is 2. The molecule has 100 valence electrons. The van der Waals surface area contributed by atoms with Gasteiger partial charge in [0.05, 0.1) is 16.8 Å². The van der Waals surface area contributed by atoms with Crippen LogP contribution in [0.5, 0.6) is 0 Å². The summed E-state index contributed by atoms with van der Waals surface area (Å²) < 4.78 is 26.2. The number of nitro benzene ring substituents is 1. The maximum atomic E-state index is 11.9. The fourth-order valence-electron chi connectivity index (χ4n) is 1.43. The number of benzene rings is 1. The molecule has 2 N–H and O–H groups in total. The number of anilines is 1. The number of H-pyrrole nitrogens is 1. The number of sulfonamides is 1. The molecule has 0 aliphatic heterocycles. The van der Waals surface area contributed by atoms with E-state index in [0.29, 0.717) is 5.56 Å². The van der Waals surface area contributed by atoms with E-state index in [1.54, 1.807) is 6.92 Å². The summed E-state index contributed by atoms with van der Waals surface area (Å²) in [6.45, 7) is 1.65. The Bertz CT molecular complexity index is 709. The summed E-state index contributed by atoms with van der Waals surface area (Å²) in [6, 6.07) is 5.24. The van der Waals surface area contributed by atoms with Gasteiger partial charge in [-0.3, -0.25) is 19.9 Å². The van der Waals surface area contributed by atoms with Gasteiger partial charge in [-0.2, -0.15) is 13.5 Å². The van der Waals surface area contributed by atoms with Gasteiger partial charge in [-0.15, -0.1) is 0 Å². The van der Waals surface area contributed by atoms with E-state index in [1.807, 2.05) is 0 Å². The predicted molar refractivity (Wildman–Crippen MR) is 67.2 cm³/mol. The van der Waals surface area contributed by atoms with Crippen molar-refractivity contribution in [1.82, 2.24) is 10.2 Å². The molecule has 19 heavy (non-hydrogen) atoms. The van der Waals surface area contributed by atoms with Gasteiger partial charge >= 0.3 is 0 Å². The Kier molecular flexibility index (Phi) is 3.21. The van der Waals surface area contributed by atoms with Gasteiger partial charge in [0.2, 0.25) is 0 Å². The molecule has 0 radical (unpaired) electrons. The van der Waals surface area contributed by atoms with E-state index >= 15 is 0 Å². The molecule has 0 fully saturated rings. The monoisotopic (exact) mass is 282 g/mol. The molecule has 0 atom stereocenters. The van der Waals surface area contributed by atoms with Gasteiger partial charge in [0, 0.05) is 12.1 Å². The van der Waals surface area contributed by atoms with Crippen LogP contribution in [0.15, 0.2) is 35.5 Å². The lowest BCUT2D eigenvalue weighted by molar-refractivity contribution is -0.384. The Balaban J connectivity index is 2.39. The second-order valence-electron chi connectivity index (χ2n) is 3.78. The number of aromatic amines is 1. The van der Waals surface area contributed by atoms with E-state index in [4.69, 9.17) is 0 Å². The summed E-state index contributed by atoms with van der Waals surface area (Å²) in [5.41, 5.74) is 0.547. The topological polar surface area (TPSA) is 118 Å². The third-order valence-electron chi connectivity index (χ3n) is 2.44. The molecule has 9 heteroatoms. The van der Waals surface area contributed by atoms with E-state index < -0.39 is 14.9 Å². The highest BCUT2D eigenvalue weighted by molar-refractivity contribution is 7.92. The molecular formula is C10H10N4O4S. The molecule has 0 amide bonds. The van der Waals surface area contributed by atoms with Crippen molar-refractivity contribution < 1.29 is 13.3 Å². The second kappa shape index (κ2) is 4.69. The van der Waals surface area contributed by atoms with Gasteiger partial charge in [-0.05, 0) is 18.6 Å². The third-order valence-corrected chi connectivity index (χ3v) is 3.74. The SMILES string of the molecule is Cc1ccc([N+](=O)[O-])cc1NS(=O)(=O)c1ccn[nH]1. The first kappa shape index (κ1) is 13.0. The molecule has 1 aromatic heterocycles. The number of hydrogen-bond donors (Lipinski definition) is 2. The largest absolute Gasteiger partial charge is 0.278 e. The number of rotatable bonds is 4. The summed E-state index contributed by atoms with van der Waals surface area (Å²) in [5.74, 6) is 0. The lowest BCUT2D eigenvalue weighted by Crippen LogP contribution is -2.14. The highest BCUT2D eigenvalue weighted by Crippen LogP contribution is 2.24. The van der Waals surface area contributed by atoms with Crippen LogP contribution in [0.1, 0.15) is 5.56 Å². The molecule has 8 nitrogen and oxygen atoms in total. The van der Waals surface area contributed by atoms with Gasteiger partial charge in [0.1, 0.15) is 0 Å². The highest BCUT2D eigenvalue weighted by atomic mass is 32.2. The molecule has 0 aliphatic rings. The molecule has 0 aliphatic carbocycles. The Morgan fingerprint density at radius 1 is 1.37 bits per heavy atom. The Hall–Kier alpha value is -2.42. The van der Waals surface area contributed by atoms with Crippen LogP contribution in [0.25, 0.3) is 0 Å². The molecule has 2 aromatic rings. The first-order valence-electron chi connectivity index (χ1n) is 5.17. The van der Waals surface area contributed by atoms with E-state index in [-0.39, 0.29) is 16.4 Å². The van der Waals surface area contributed by atoms with Gasteiger partial charge in [-0.1, -0.05) is 6.07 Å². The molecule has 0 bridgehead atoms. The van der Waals surface area contributed by atoms with E-state index in [9.17, 15) is 18.5 Å². The van der Waals surface area contributed by atoms with E-state index in [2.05, 4.69) is 14.9 Å². The minimum Gasteiger partial charge on any atom is -0.278 e. The van der Waals surface area contributed by atoms with Crippen molar-refractivity contribution >= 4 is 21.4 Å². The lowest BCUT2D eigenvalue weighted by Gasteiger charge is -2.08. The summed E-state index contributed by atoms with van der Waals surface area (Å²) in [6.07, 6.45) is 1.30. The van der Waals surface area contributed by atoms with Crippen molar-refractivity contribution in [2.75, 3.05) is 4.72 Å². The quantitative estimate of drug-likeness (QED) is 0.649. The second-order valence-corrected chi connectivity index (χ2v) is 5.43. The Morgan fingerprint density at radius 2 is 2.11 bits per heavy atom. The molecule has 1 aromatic carbocycles. The third kappa shape index (κ3) is 2.71. The molecule has 0 unspecified atom stereocenters. The zero-order chi connectivity index (χ0) is 14.0. The van der Waals surface area contributed by atoms with Crippen LogP contribution >= 0.6 is 0 Å². The van der Waals surface area contributed by atoms with Crippen LogP contribution in [-0.4, -0.2) is 23.5 Å². The van der Waals surface area contributed by atoms with Crippen molar-refractivity contribution in [2.24, 2.45) is 0 Å². The molecule has 1 heterocycles. The van der Waals surface area contributed by atoms with Crippen molar-refractivity contribution in [3.8, 4) is 0 Å². The zero-order valence-electron chi connectivity index (χ0n) is 9.82. The average Bonchev–Trinajstić information content (AvgIpc) is 2.85. The van der Waals surface area contributed by atoms with Crippen molar-refractivity contribution in [2.45, 2.75) is 11.9 Å². The van der Waals surface area contributed by atoms with Gasteiger partial charge in [0.25, 0.3) is 15.7 Å². The smallest absolute Gasteiger partial charge is 0.278 e. The highest BCUT2D eigenvalue weighted by Gasteiger charge is 2.18. The molecule has 0 saturated carbocycles. The molecule has 2 rings (SSSR count). The normalized spacial score (nSPS) is 11.2. The number of non-ortho nitro benzene ring substituents is 1. The fourth-order valence-corrected chi connectivity index (χ4v) is 2.46. The number of nitrogens with one attached hydrogen (secondary N) is 2. The van der Waals surface area contributed by atoms with Crippen LogP contribution in [0, 0.1) is 17.0 Å². The fraction of sp³-hybridized carbons (Fsp3) is 0.100. The van der Waals surface area contributed by atoms with Gasteiger partial charge in [0.15, 0.2) is 5.03 Å². The maximum absolute atomic E-state index is 11.9. The van der Waals surface area contributed by atoms with Crippen molar-refractivity contribution in [3.05, 3.63) is 46.1 Å². The lowest BCUT2D eigenvalue weighted by atomic mass is 10.2. The Labute approximate surface area is 108 Å². The number of aromatic nitrogens is 2. The molecule has 0 saturated heterocycles. The van der Waals surface area contributed by atoms with Crippen molar-refractivity contribution in [1.29, 1.82) is 0 Å². The van der Waals surface area contributed by atoms with Crippen LogP contribution in [0.4, 0.5) is 11.4 Å². The minimum atomic E-state index is -3.83. The van der Waals surface area contributed by atoms with Crippen LogP contribution in [0.3, 0.4) is 0 Å². The van der Waals surface area contributed by atoms with Crippen LogP contribution in [-0.2, 0) is 10.0 Å². The van der Waals surface area contributed by atoms with Crippen LogP contribution in [0.2, 0.25) is 0 Å². The number of aryl methyl sites for hydroxylation is 1. The summed E-state index contributed by atoms with van der Waals surface area (Å²) >= 11 is 0. The predicted octanol–water partition coefficient (Wildman–Crippen LogP) is 1.43. The average molecular weight is 282 g/mol. The van der Waals surface area contributed by atoms with E-state index in [0.717, 1.165) is 0 Å². The number of nitro groups is 1. The van der Waals surface area contributed by atoms with Crippen molar-refractivity contribution in [3.63, 3.8) is 0 Å². The summed E-state index contributed by atoms with van der Waals surface area (Å²) in [4.78, 5) is 10.1. The van der Waals surface area contributed by atoms with E-state index in [1.165, 1.54) is 30.5 Å². The Morgan fingerprint density at radius 3 is 2.68 bits per heavy atom. The zero-order valence-corrected chi connectivity index (χ0v) is 10.6. The van der Waals surface area contributed by atoms with Crippen LogP contribution < -0.4 is 4.72 Å². The maximum Gasteiger partial charge on any atom is 0.278 e. The minimum absolute atomic E-state index is 0.113. The standard InChI is InChI=1S/C10H10N4O4S/c1-7-2-3-8(14(15)16)6-9(7)13-19(17,18)10-4-5-11-12-10/h2-6,13H,1H3,(H,11,12).